The number of methoxy groups -OCH3 is 1. The van der Waals surface area contributed by atoms with Crippen molar-refractivity contribution in [1.29, 1.82) is 0 Å². The maximum atomic E-state index is 9.10. The van der Waals surface area contributed by atoms with E-state index in [1.165, 1.54) is 25.7 Å². The molecule has 1 atom stereocenters. The van der Waals surface area contributed by atoms with Gasteiger partial charge in [-0.05, 0) is 37.5 Å². The van der Waals surface area contributed by atoms with Crippen molar-refractivity contribution >= 4 is 5.96 Å². The molecule has 0 bridgehead atoms. The smallest absolute Gasteiger partial charge is 0.191 e. The van der Waals surface area contributed by atoms with Crippen LogP contribution in [0.1, 0.15) is 46.0 Å². The Bertz CT molecular complexity index is 302. The van der Waals surface area contributed by atoms with E-state index in [9.17, 15) is 0 Å². The van der Waals surface area contributed by atoms with E-state index in [1.807, 2.05) is 6.92 Å². The van der Waals surface area contributed by atoms with Crippen molar-refractivity contribution in [2.24, 2.45) is 16.3 Å². The molecule has 0 aliphatic heterocycles. The largest absolute Gasteiger partial charge is 0.396 e. The molecule has 0 aromatic carbocycles. The maximum absolute atomic E-state index is 9.10. The molecule has 1 aliphatic carbocycles. The fourth-order valence-electron chi connectivity index (χ4n) is 2.85. The van der Waals surface area contributed by atoms with Gasteiger partial charge in [0, 0.05) is 40.0 Å². The molecule has 21 heavy (non-hydrogen) atoms. The van der Waals surface area contributed by atoms with Crippen LogP contribution in [0.3, 0.4) is 0 Å². The molecule has 1 rings (SSSR count). The third-order valence-corrected chi connectivity index (χ3v) is 4.35. The van der Waals surface area contributed by atoms with Crippen LogP contribution in [-0.2, 0) is 4.74 Å². The average Bonchev–Trinajstić information content (AvgIpc) is 2.97. The first-order valence-electron chi connectivity index (χ1n) is 8.28. The Kier molecular flexibility index (Phi) is 8.69. The highest BCUT2D eigenvalue weighted by Crippen LogP contribution is 2.41. The van der Waals surface area contributed by atoms with Crippen molar-refractivity contribution in [3.8, 4) is 0 Å². The van der Waals surface area contributed by atoms with Crippen LogP contribution >= 0.6 is 0 Å². The van der Waals surface area contributed by atoms with E-state index in [4.69, 9.17) is 14.8 Å². The summed E-state index contributed by atoms with van der Waals surface area (Å²) in [5.74, 6) is 1.10. The first kappa shape index (κ1) is 18.2. The predicted molar refractivity (Wildman–Crippen MR) is 87.6 cm³/mol. The van der Waals surface area contributed by atoms with Crippen LogP contribution in [0.5, 0.6) is 0 Å². The van der Waals surface area contributed by atoms with Crippen LogP contribution in [0.4, 0.5) is 0 Å². The molecule has 1 unspecified atom stereocenters. The third kappa shape index (κ3) is 6.66. The minimum Gasteiger partial charge on any atom is -0.396 e. The van der Waals surface area contributed by atoms with Gasteiger partial charge in [-0.1, -0.05) is 19.8 Å². The molecule has 1 aliphatic rings. The quantitative estimate of drug-likeness (QED) is 0.448. The van der Waals surface area contributed by atoms with Crippen LogP contribution in [0.2, 0.25) is 0 Å². The number of nitrogens with zero attached hydrogens (tertiary/aromatic N) is 1. The van der Waals surface area contributed by atoms with Crippen LogP contribution in [0.15, 0.2) is 4.99 Å². The van der Waals surface area contributed by atoms with Gasteiger partial charge < -0.3 is 20.5 Å². The molecular formula is C16H33N3O2. The fraction of sp³-hybridized carbons (Fsp3) is 0.938. The highest BCUT2D eigenvalue weighted by molar-refractivity contribution is 5.79. The lowest BCUT2D eigenvalue weighted by Crippen LogP contribution is -2.40. The molecule has 0 heterocycles. The van der Waals surface area contributed by atoms with E-state index in [0.717, 1.165) is 38.6 Å². The highest BCUT2D eigenvalue weighted by atomic mass is 16.5. The summed E-state index contributed by atoms with van der Waals surface area (Å²) in [6, 6.07) is 0. The Labute approximate surface area is 129 Å². The van der Waals surface area contributed by atoms with Gasteiger partial charge in [0.15, 0.2) is 5.96 Å². The Balaban J connectivity index is 2.56. The standard InChI is InChI=1S/C16H33N3O2/c1-4-17-15(18-11-14(2)12-20)19-13-16(9-10-21-3)7-5-6-8-16/h14,20H,4-13H2,1-3H3,(H2,17,18,19). The first-order chi connectivity index (χ1) is 10.2. The molecule has 124 valence electrons. The number of aliphatic hydroxyl groups is 1. The lowest BCUT2D eigenvalue weighted by molar-refractivity contribution is 0.141. The number of guanidine groups is 1. The van der Waals surface area contributed by atoms with E-state index < -0.39 is 0 Å². The Morgan fingerprint density at radius 2 is 2.05 bits per heavy atom. The second-order valence-corrected chi connectivity index (χ2v) is 6.31. The summed E-state index contributed by atoms with van der Waals surface area (Å²) < 4.78 is 5.27. The molecule has 1 saturated carbocycles. The predicted octanol–water partition coefficient (Wildman–Crippen LogP) is 1.77. The number of aliphatic imine (C=N–C) groups is 1. The summed E-state index contributed by atoms with van der Waals surface area (Å²) in [4.78, 5) is 4.78. The van der Waals surface area contributed by atoms with Gasteiger partial charge in [-0.2, -0.15) is 0 Å². The van der Waals surface area contributed by atoms with E-state index in [0.29, 0.717) is 5.41 Å². The zero-order chi connectivity index (χ0) is 15.6. The summed E-state index contributed by atoms with van der Waals surface area (Å²) in [5.41, 5.74) is 0.320. The second kappa shape index (κ2) is 10.0. The topological polar surface area (TPSA) is 65.9 Å². The molecule has 0 spiro atoms. The molecular weight excluding hydrogens is 266 g/mol. The number of rotatable bonds is 9. The summed E-state index contributed by atoms with van der Waals surface area (Å²) in [6.45, 7) is 7.57. The third-order valence-electron chi connectivity index (χ3n) is 4.35. The number of aliphatic hydroxyl groups excluding tert-OH is 1. The van der Waals surface area contributed by atoms with E-state index in [2.05, 4.69) is 17.6 Å². The van der Waals surface area contributed by atoms with Crippen LogP contribution in [-0.4, -0.2) is 51.0 Å². The molecule has 5 nitrogen and oxygen atoms in total. The van der Waals surface area contributed by atoms with Crippen LogP contribution in [0.25, 0.3) is 0 Å². The van der Waals surface area contributed by atoms with E-state index in [-0.39, 0.29) is 12.5 Å². The molecule has 5 heteroatoms. The number of ether oxygens (including phenoxy) is 1. The van der Waals surface area contributed by atoms with Gasteiger partial charge in [-0.3, -0.25) is 4.99 Å². The lowest BCUT2D eigenvalue weighted by atomic mass is 9.83. The SMILES string of the molecule is CCNC(=NCC1(CCOC)CCCC1)NCC(C)CO. The van der Waals surface area contributed by atoms with Gasteiger partial charge in [-0.15, -0.1) is 0 Å². The van der Waals surface area contributed by atoms with E-state index >= 15 is 0 Å². The van der Waals surface area contributed by atoms with Gasteiger partial charge in [0.05, 0.1) is 0 Å². The van der Waals surface area contributed by atoms with Gasteiger partial charge in [0.1, 0.15) is 0 Å². The minimum atomic E-state index is 0.199. The van der Waals surface area contributed by atoms with Gasteiger partial charge in [0.2, 0.25) is 0 Å². The molecule has 3 N–H and O–H groups in total. The monoisotopic (exact) mass is 299 g/mol. The Hall–Kier alpha value is -0.810. The van der Waals surface area contributed by atoms with Crippen molar-refractivity contribution in [2.75, 3.05) is 40.0 Å². The van der Waals surface area contributed by atoms with E-state index in [1.54, 1.807) is 7.11 Å². The summed E-state index contributed by atoms with van der Waals surface area (Å²) in [6.07, 6.45) is 6.23. The van der Waals surface area contributed by atoms with Crippen molar-refractivity contribution in [3.05, 3.63) is 0 Å². The second-order valence-electron chi connectivity index (χ2n) is 6.31. The Morgan fingerprint density at radius 1 is 1.33 bits per heavy atom. The summed E-state index contributed by atoms with van der Waals surface area (Å²) in [7, 11) is 1.77. The summed E-state index contributed by atoms with van der Waals surface area (Å²) in [5, 5.41) is 15.7. The average molecular weight is 299 g/mol. The molecule has 1 fully saturated rings. The minimum absolute atomic E-state index is 0.199. The molecule has 0 aromatic heterocycles. The van der Waals surface area contributed by atoms with Gasteiger partial charge in [-0.25, -0.2) is 0 Å². The molecule has 0 radical (unpaired) electrons. The number of hydrogen-bond donors (Lipinski definition) is 3. The highest BCUT2D eigenvalue weighted by Gasteiger charge is 2.33. The zero-order valence-corrected chi connectivity index (χ0v) is 14.0. The molecule has 0 saturated heterocycles. The number of hydrogen-bond acceptors (Lipinski definition) is 3. The van der Waals surface area contributed by atoms with Gasteiger partial charge in [0.25, 0.3) is 0 Å². The van der Waals surface area contributed by atoms with Crippen molar-refractivity contribution in [1.82, 2.24) is 10.6 Å². The maximum Gasteiger partial charge on any atom is 0.191 e. The fourth-order valence-corrected chi connectivity index (χ4v) is 2.85. The van der Waals surface area contributed by atoms with Crippen LogP contribution < -0.4 is 10.6 Å². The number of nitrogens with one attached hydrogen (secondary N) is 2. The molecule has 0 aromatic rings. The Morgan fingerprint density at radius 3 is 2.62 bits per heavy atom. The normalized spacial score (nSPS) is 19.5. The molecule has 0 amide bonds. The first-order valence-corrected chi connectivity index (χ1v) is 8.28. The van der Waals surface area contributed by atoms with Crippen molar-refractivity contribution in [3.63, 3.8) is 0 Å². The van der Waals surface area contributed by atoms with Crippen molar-refractivity contribution < 1.29 is 9.84 Å². The van der Waals surface area contributed by atoms with Gasteiger partial charge >= 0.3 is 0 Å². The summed E-state index contributed by atoms with van der Waals surface area (Å²) >= 11 is 0. The van der Waals surface area contributed by atoms with Crippen LogP contribution in [0, 0.1) is 11.3 Å². The van der Waals surface area contributed by atoms with Crippen molar-refractivity contribution in [2.45, 2.75) is 46.0 Å². The zero-order valence-electron chi connectivity index (χ0n) is 14.0. The lowest BCUT2D eigenvalue weighted by Gasteiger charge is -2.27.